The summed E-state index contributed by atoms with van der Waals surface area (Å²) in [5.41, 5.74) is 3.65. The first kappa shape index (κ1) is 27.6. The predicted octanol–water partition coefficient (Wildman–Crippen LogP) is 5.71. The number of allylic oxidation sites excluding steroid dienone is 1. The summed E-state index contributed by atoms with van der Waals surface area (Å²) in [7, 11) is 4.74. The van der Waals surface area contributed by atoms with E-state index in [9.17, 15) is 9.59 Å². The van der Waals surface area contributed by atoms with E-state index in [1.54, 1.807) is 38.7 Å². The quantitative estimate of drug-likeness (QED) is 0.364. The van der Waals surface area contributed by atoms with Crippen LogP contribution in [0, 0.1) is 5.41 Å². The number of Topliss-reactive ketones (excluding diaryl/α,β-unsaturated/α-hetero) is 1. The van der Waals surface area contributed by atoms with Gasteiger partial charge in [0.15, 0.2) is 17.3 Å². The van der Waals surface area contributed by atoms with Gasteiger partial charge in [-0.25, -0.2) is 0 Å². The van der Waals surface area contributed by atoms with Gasteiger partial charge >= 0.3 is 0 Å². The molecule has 5 rings (SSSR count). The van der Waals surface area contributed by atoms with Crippen LogP contribution in [0.2, 0.25) is 0 Å². The molecule has 0 saturated carbocycles. The molecule has 0 fully saturated rings. The molecule has 8 nitrogen and oxygen atoms in total. The number of fused-ring (bicyclic) bond motifs is 1. The molecular weight excluding hydrogens is 526 g/mol. The number of carbonyl (C=O) groups excluding carboxylic acids is 2. The van der Waals surface area contributed by atoms with Crippen molar-refractivity contribution >= 4 is 34.4 Å². The van der Waals surface area contributed by atoms with Gasteiger partial charge in [-0.05, 0) is 41.5 Å². The minimum atomic E-state index is -0.614. The van der Waals surface area contributed by atoms with Crippen LogP contribution in [0.15, 0.2) is 65.2 Å². The summed E-state index contributed by atoms with van der Waals surface area (Å²) < 4.78 is 17.1. The van der Waals surface area contributed by atoms with Gasteiger partial charge in [-0.1, -0.05) is 32.0 Å². The third-order valence-electron chi connectivity index (χ3n) is 7.39. The van der Waals surface area contributed by atoms with Crippen molar-refractivity contribution in [3.8, 4) is 17.2 Å². The largest absolute Gasteiger partial charge is 0.496 e. The van der Waals surface area contributed by atoms with E-state index in [-0.39, 0.29) is 23.7 Å². The zero-order valence-corrected chi connectivity index (χ0v) is 24.3. The lowest BCUT2D eigenvalue weighted by molar-refractivity contribution is -0.120. The van der Waals surface area contributed by atoms with Crippen LogP contribution < -0.4 is 29.7 Å². The Kier molecular flexibility index (Phi) is 7.76. The number of ether oxygens (including phenoxy) is 3. The highest BCUT2D eigenvalue weighted by molar-refractivity contribution is 7.09. The lowest BCUT2D eigenvalue weighted by Crippen LogP contribution is -2.42. The van der Waals surface area contributed by atoms with Crippen LogP contribution in [-0.2, 0) is 16.1 Å². The normalized spacial score (nSPS) is 17.8. The molecule has 2 aliphatic rings. The van der Waals surface area contributed by atoms with E-state index < -0.39 is 6.04 Å². The van der Waals surface area contributed by atoms with Gasteiger partial charge < -0.3 is 29.7 Å². The molecule has 9 heteroatoms. The molecule has 1 aliphatic carbocycles. The van der Waals surface area contributed by atoms with E-state index >= 15 is 0 Å². The number of ketones is 1. The number of para-hydroxylation sites is 2. The Balaban J connectivity index is 1.69. The highest BCUT2D eigenvalue weighted by Crippen LogP contribution is 2.51. The lowest BCUT2D eigenvalue weighted by Gasteiger charge is -2.38. The number of nitrogens with one attached hydrogen (secondary N) is 2. The van der Waals surface area contributed by atoms with E-state index in [2.05, 4.69) is 24.5 Å². The molecule has 1 atom stereocenters. The smallest absolute Gasteiger partial charge is 0.239 e. The molecule has 2 N–H and O–H groups in total. The van der Waals surface area contributed by atoms with E-state index in [0.29, 0.717) is 47.8 Å². The average Bonchev–Trinajstić information content (AvgIpc) is 3.41. The minimum Gasteiger partial charge on any atom is -0.496 e. The summed E-state index contributed by atoms with van der Waals surface area (Å²) in [4.78, 5) is 30.5. The molecule has 2 heterocycles. The SMILES string of the molecule is COc1cc(OC)c(C2C3=C(CC(C)(C)CC3=O)Nc3ccccc3N2CC(=O)NCc2cccs2)cc1OC. The number of amides is 1. The van der Waals surface area contributed by atoms with Gasteiger partial charge in [0.05, 0.1) is 51.8 Å². The number of hydrogen-bond acceptors (Lipinski definition) is 8. The summed E-state index contributed by atoms with van der Waals surface area (Å²) in [5, 5.41) is 8.63. The predicted molar refractivity (Wildman–Crippen MR) is 157 cm³/mol. The van der Waals surface area contributed by atoms with Crippen molar-refractivity contribution in [2.45, 2.75) is 39.3 Å². The first-order chi connectivity index (χ1) is 19.2. The van der Waals surface area contributed by atoms with Crippen molar-refractivity contribution in [1.29, 1.82) is 0 Å². The van der Waals surface area contributed by atoms with Crippen molar-refractivity contribution in [2.75, 3.05) is 38.1 Å². The fourth-order valence-corrected chi connectivity index (χ4v) is 6.27. The third kappa shape index (κ3) is 5.38. The highest BCUT2D eigenvalue weighted by Gasteiger charge is 2.43. The third-order valence-corrected chi connectivity index (χ3v) is 8.26. The molecule has 3 aromatic rings. The molecule has 0 radical (unpaired) electrons. The van der Waals surface area contributed by atoms with Gasteiger partial charge in [0.2, 0.25) is 5.91 Å². The zero-order chi connectivity index (χ0) is 28.4. The first-order valence-corrected chi connectivity index (χ1v) is 14.1. The van der Waals surface area contributed by atoms with Crippen LogP contribution in [0.25, 0.3) is 0 Å². The molecule has 1 aromatic heterocycles. The number of methoxy groups -OCH3 is 3. The summed E-state index contributed by atoms with van der Waals surface area (Å²) >= 11 is 1.60. The maximum atomic E-state index is 14.0. The minimum absolute atomic E-state index is 0.0275. The van der Waals surface area contributed by atoms with Crippen LogP contribution in [0.5, 0.6) is 17.2 Å². The van der Waals surface area contributed by atoms with Crippen LogP contribution in [0.4, 0.5) is 11.4 Å². The Bertz CT molecular complexity index is 1450. The maximum Gasteiger partial charge on any atom is 0.239 e. The summed E-state index contributed by atoms with van der Waals surface area (Å²) in [5.74, 6) is 1.45. The summed E-state index contributed by atoms with van der Waals surface area (Å²) in [6.07, 6.45) is 1.08. The monoisotopic (exact) mass is 561 g/mol. The van der Waals surface area contributed by atoms with Crippen molar-refractivity contribution in [1.82, 2.24) is 5.32 Å². The Hall–Kier alpha value is -3.98. The second-order valence-corrected chi connectivity index (χ2v) is 11.8. The molecule has 210 valence electrons. The number of rotatable bonds is 8. The Morgan fingerprint density at radius 3 is 2.45 bits per heavy atom. The first-order valence-electron chi connectivity index (χ1n) is 13.2. The number of hydrogen-bond donors (Lipinski definition) is 2. The van der Waals surface area contributed by atoms with Crippen LogP contribution in [-0.4, -0.2) is 39.6 Å². The topological polar surface area (TPSA) is 89.1 Å². The average molecular weight is 562 g/mol. The molecular formula is C31H35N3O5S. The van der Waals surface area contributed by atoms with Crippen molar-refractivity contribution < 1.29 is 23.8 Å². The van der Waals surface area contributed by atoms with Gasteiger partial charge in [0.1, 0.15) is 5.75 Å². The number of thiophene rings is 1. The molecule has 1 aliphatic heterocycles. The number of benzene rings is 2. The second-order valence-electron chi connectivity index (χ2n) is 10.8. The number of anilines is 2. The highest BCUT2D eigenvalue weighted by atomic mass is 32.1. The van der Waals surface area contributed by atoms with Crippen molar-refractivity contribution in [3.05, 3.63) is 75.6 Å². The van der Waals surface area contributed by atoms with Gasteiger partial charge in [-0.15, -0.1) is 11.3 Å². The molecule has 0 saturated heterocycles. The number of carbonyl (C=O) groups is 2. The van der Waals surface area contributed by atoms with Crippen LogP contribution in [0.1, 0.15) is 43.2 Å². The van der Waals surface area contributed by atoms with Gasteiger partial charge in [-0.3, -0.25) is 9.59 Å². The molecule has 40 heavy (non-hydrogen) atoms. The Labute approximate surface area is 238 Å². The van der Waals surface area contributed by atoms with Gasteiger partial charge in [-0.2, -0.15) is 0 Å². The lowest BCUT2D eigenvalue weighted by atomic mass is 9.73. The molecule has 1 amide bonds. The second kappa shape index (κ2) is 11.3. The fraction of sp³-hybridized carbons (Fsp3) is 0.355. The van der Waals surface area contributed by atoms with Crippen LogP contribution >= 0.6 is 11.3 Å². The Morgan fingerprint density at radius 2 is 1.75 bits per heavy atom. The molecule has 0 spiro atoms. The van der Waals surface area contributed by atoms with Gasteiger partial charge in [0, 0.05) is 34.2 Å². The Morgan fingerprint density at radius 1 is 1.02 bits per heavy atom. The summed E-state index contributed by atoms with van der Waals surface area (Å²) in [6.45, 7) is 4.68. The van der Waals surface area contributed by atoms with Crippen LogP contribution in [0.3, 0.4) is 0 Å². The molecule has 0 bridgehead atoms. The fourth-order valence-electron chi connectivity index (χ4n) is 5.63. The zero-order valence-electron chi connectivity index (χ0n) is 23.5. The van der Waals surface area contributed by atoms with E-state index in [1.165, 1.54) is 0 Å². The standard InChI is InChI=1S/C31H35N3O5S/c1-31(2)15-22-29(24(35)16-31)30(20-13-26(38-4)27(39-5)14-25(20)37-3)34(23-11-7-6-10-21(23)33-22)18-28(36)32-17-19-9-8-12-40-19/h6-14,30,33H,15-18H2,1-5H3,(H,32,36). The van der Waals surface area contributed by atoms with Crippen molar-refractivity contribution in [3.63, 3.8) is 0 Å². The van der Waals surface area contributed by atoms with Crippen molar-refractivity contribution in [2.24, 2.45) is 5.41 Å². The molecule has 2 aromatic carbocycles. The van der Waals surface area contributed by atoms with E-state index in [0.717, 1.165) is 21.9 Å². The van der Waals surface area contributed by atoms with E-state index in [1.807, 2.05) is 52.7 Å². The molecule has 1 unspecified atom stereocenters. The number of nitrogens with zero attached hydrogens (tertiary/aromatic N) is 1. The summed E-state index contributed by atoms with van der Waals surface area (Å²) in [6, 6.07) is 14.8. The van der Waals surface area contributed by atoms with E-state index in [4.69, 9.17) is 14.2 Å². The maximum absolute atomic E-state index is 14.0. The van der Waals surface area contributed by atoms with Gasteiger partial charge in [0.25, 0.3) is 0 Å².